The van der Waals surface area contributed by atoms with Gasteiger partial charge in [-0.1, -0.05) is 0 Å². The van der Waals surface area contributed by atoms with E-state index in [1.54, 1.807) is 13.8 Å². The van der Waals surface area contributed by atoms with E-state index in [2.05, 4.69) is 0 Å². The van der Waals surface area contributed by atoms with E-state index in [9.17, 15) is 18.0 Å². The van der Waals surface area contributed by atoms with Crippen molar-refractivity contribution in [2.24, 2.45) is 5.92 Å². The van der Waals surface area contributed by atoms with Crippen LogP contribution in [0.4, 0.5) is 18.9 Å². The predicted octanol–water partition coefficient (Wildman–Crippen LogP) is 3.44. The predicted molar refractivity (Wildman–Crippen MR) is 72.7 cm³/mol. The number of nitrogens with two attached hydrogens (primary N) is 1. The number of alkyl halides is 3. The molecule has 0 spiro atoms. The first-order chi connectivity index (χ1) is 9.19. The highest BCUT2D eigenvalue weighted by molar-refractivity contribution is 7.14. The highest BCUT2D eigenvalue weighted by Crippen LogP contribution is 2.37. The third-order valence-corrected chi connectivity index (χ3v) is 4.63. The molecular weight excluding hydrogens is 289 g/mol. The number of aryl methyl sites for hydroxylation is 1. The third-order valence-electron chi connectivity index (χ3n) is 3.57. The summed E-state index contributed by atoms with van der Waals surface area (Å²) < 4.78 is 38.1. The summed E-state index contributed by atoms with van der Waals surface area (Å²) in [5, 5.41) is 0. The van der Waals surface area contributed by atoms with Gasteiger partial charge in [0.05, 0.1) is 4.88 Å². The highest BCUT2D eigenvalue weighted by Gasteiger charge is 2.41. The fourth-order valence-corrected chi connectivity index (χ4v) is 3.07. The first-order valence-electron chi connectivity index (χ1n) is 6.42. The van der Waals surface area contributed by atoms with Gasteiger partial charge in [-0.05, 0) is 38.7 Å². The molecule has 1 aliphatic carbocycles. The van der Waals surface area contributed by atoms with E-state index in [0.717, 1.165) is 34.0 Å². The summed E-state index contributed by atoms with van der Waals surface area (Å²) in [4.78, 5) is 14.3. The van der Waals surface area contributed by atoms with Gasteiger partial charge in [-0.25, -0.2) is 0 Å². The molecule has 0 bridgehead atoms. The molecule has 0 saturated heterocycles. The molecule has 0 aromatic carbocycles. The maximum absolute atomic E-state index is 12.7. The SMILES string of the molecule is Cc1sc(C(=O)N(CC(F)(F)F)C(C)C2CC2)cc1N. The summed E-state index contributed by atoms with van der Waals surface area (Å²) in [7, 11) is 0. The Morgan fingerprint density at radius 2 is 2.15 bits per heavy atom. The lowest BCUT2D eigenvalue weighted by Gasteiger charge is -2.29. The number of halogens is 3. The number of carbonyl (C=O) groups is 1. The number of carbonyl (C=O) groups excluding carboxylic acids is 1. The van der Waals surface area contributed by atoms with Crippen molar-refractivity contribution in [3.8, 4) is 0 Å². The van der Waals surface area contributed by atoms with Crippen LogP contribution in [0.2, 0.25) is 0 Å². The van der Waals surface area contributed by atoms with Crippen molar-refractivity contribution >= 4 is 22.9 Å². The lowest BCUT2D eigenvalue weighted by molar-refractivity contribution is -0.144. The van der Waals surface area contributed by atoms with Gasteiger partial charge < -0.3 is 10.6 Å². The Balaban J connectivity index is 2.22. The van der Waals surface area contributed by atoms with Gasteiger partial charge in [-0.3, -0.25) is 4.79 Å². The molecule has 3 nitrogen and oxygen atoms in total. The molecule has 1 aromatic heterocycles. The molecule has 112 valence electrons. The lowest BCUT2D eigenvalue weighted by Crippen LogP contribution is -2.45. The van der Waals surface area contributed by atoms with Crippen molar-refractivity contribution in [3.63, 3.8) is 0 Å². The van der Waals surface area contributed by atoms with Gasteiger partial charge in [0.2, 0.25) is 0 Å². The van der Waals surface area contributed by atoms with Crippen LogP contribution >= 0.6 is 11.3 Å². The van der Waals surface area contributed by atoms with E-state index in [0.29, 0.717) is 5.69 Å². The molecule has 7 heteroatoms. The number of rotatable bonds is 4. The van der Waals surface area contributed by atoms with E-state index >= 15 is 0 Å². The van der Waals surface area contributed by atoms with Gasteiger partial charge in [0, 0.05) is 16.6 Å². The van der Waals surface area contributed by atoms with Crippen molar-refractivity contribution < 1.29 is 18.0 Å². The van der Waals surface area contributed by atoms with Crippen molar-refractivity contribution in [2.75, 3.05) is 12.3 Å². The van der Waals surface area contributed by atoms with E-state index in [-0.39, 0.29) is 10.8 Å². The van der Waals surface area contributed by atoms with Crippen LogP contribution in [0.5, 0.6) is 0 Å². The zero-order chi connectivity index (χ0) is 15.1. The van der Waals surface area contributed by atoms with Crippen LogP contribution in [0.3, 0.4) is 0 Å². The quantitative estimate of drug-likeness (QED) is 0.926. The molecule has 1 aromatic rings. The molecule has 2 N–H and O–H groups in total. The number of amides is 1. The standard InChI is InChI=1S/C13H17F3N2OS/c1-7(9-3-4-9)18(6-13(14,15)16)12(19)11-5-10(17)8(2)20-11/h5,7,9H,3-4,6,17H2,1-2H3. The molecule has 0 radical (unpaired) electrons. The third kappa shape index (κ3) is 3.45. The monoisotopic (exact) mass is 306 g/mol. The van der Waals surface area contributed by atoms with Crippen LogP contribution in [0.25, 0.3) is 0 Å². The van der Waals surface area contributed by atoms with Crippen LogP contribution in [0, 0.1) is 12.8 Å². The average Bonchev–Trinajstić information content (AvgIpc) is 3.11. The summed E-state index contributed by atoms with van der Waals surface area (Å²) in [6.45, 7) is 2.22. The minimum Gasteiger partial charge on any atom is -0.398 e. The average molecular weight is 306 g/mol. The van der Waals surface area contributed by atoms with Gasteiger partial charge in [0.15, 0.2) is 0 Å². The second-order valence-corrected chi connectivity index (χ2v) is 6.50. The molecule has 1 heterocycles. The summed E-state index contributed by atoms with van der Waals surface area (Å²) in [5.41, 5.74) is 6.12. The van der Waals surface area contributed by atoms with Gasteiger partial charge in [0.1, 0.15) is 6.54 Å². The van der Waals surface area contributed by atoms with Gasteiger partial charge in [-0.15, -0.1) is 11.3 Å². The van der Waals surface area contributed by atoms with E-state index < -0.39 is 24.7 Å². The molecule has 0 aliphatic heterocycles. The molecule has 1 unspecified atom stereocenters. The molecular formula is C13H17F3N2OS. The van der Waals surface area contributed by atoms with Gasteiger partial charge >= 0.3 is 6.18 Å². The van der Waals surface area contributed by atoms with Crippen molar-refractivity contribution in [2.45, 2.75) is 38.9 Å². The smallest absolute Gasteiger partial charge is 0.398 e. The maximum atomic E-state index is 12.7. The van der Waals surface area contributed by atoms with E-state index in [1.165, 1.54) is 6.07 Å². The van der Waals surface area contributed by atoms with Crippen LogP contribution in [0.15, 0.2) is 6.07 Å². The second kappa shape index (κ2) is 5.27. The Kier molecular flexibility index (Phi) is 4.00. The minimum absolute atomic E-state index is 0.180. The van der Waals surface area contributed by atoms with Crippen LogP contribution in [0.1, 0.15) is 34.3 Å². The maximum Gasteiger partial charge on any atom is 0.406 e. The summed E-state index contributed by atoms with van der Waals surface area (Å²) in [5.74, 6) is -0.397. The number of hydrogen-bond acceptors (Lipinski definition) is 3. The van der Waals surface area contributed by atoms with E-state index in [1.807, 2.05) is 0 Å². The largest absolute Gasteiger partial charge is 0.406 e. The molecule has 1 aliphatic rings. The topological polar surface area (TPSA) is 46.3 Å². The van der Waals surface area contributed by atoms with Crippen molar-refractivity contribution in [3.05, 3.63) is 15.8 Å². The molecule has 2 rings (SSSR count). The first-order valence-corrected chi connectivity index (χ1v) is 7.24. The zero-order valence-electron chi connectivity index (χ0n) is 11.3. The first kappa shape index (κ1) is 15.2. The number of nitrogens with zero attached hydrogens (tertiary/aromatic N) is 1. The molecule has 1 atom stereocenters. The number of thiophene rings is 1. The zero-order valence-corrected chi connectivity index (χ0v) is 12.1. The summed E-state index contributed by atoms with van der Waals surface area (Å²) in [6.07, 6.45) is -2.63. The Labute approximate surface area is 119 Å². The van der Waals surface area contributed by atoms with Crippen LogP contribution in [-0.2, 0) is 0 Å². The molecule has 1 saturated carbocycles. The van der Waals surface area contributed by atoms with Gasteiger partial charge in [-0.2, -0.15) is 13.2 Å². The fourth-order valence-electron chi connectivity index (χ4n) is 2.17. The summed E-state index contributed by atoms with van der Waals surface area (Å²) >= 11 is 1.14. The molecule has 20 heavy (non-hydrogen) atoms. The fraction of sp³-hybridized carbons (Fsp3) is 0.615. The van der Waals surface area contributed by atoms with Crippen molar-refractivity contribution in [1.29, 1.82) is 0 Å². The molecule has 1 fully saturated rings. The number of hydrogen-bond donors (Lipinski definition) is 1. The lowest BCUT2D eigenvalue weighted by atomic mass is 10.1. The normalized spacial score (nSPS) is 17.1. The number of nitrogen functional groups attached to an aromatic ring is 1. The Hall–Kier alpha value is -1.24. The van der Waals surface area contributed by atoms with Gasteiger partial charge in [0.25, 0.3) is 5.91 Å². The minimum atomic E-state index is -4.39. The summed E-state index contributed by atoms with van der Waals surface area (Å²) in [6, 6.07) is 1.07. The van der Waals surface area contributed by atoms with E-state index in [4.69, 9.17) is 5.73 Å². The second-order valence-electron chi connectivity index (χ2n) is 5.25. The Bertz CT molecular complexity index is 489. The van der Waals surface area contributed by atoms with Crippen LogP contribution in [-0.4, -0.2) is 29.6 Å². The Morgan fingerprint density at radius 1 is 1.55 bits per heavy atom. The number of anilines is 1. The Morgan fingerprint density at radius 3 is 2.55 bits per heavy atom. The van der Waals surface area contributed by atoms with Crippen LogP contribution < -0.4 is 5.73 Å². The molecule has 1 amide bonds. The highest BCUT2D eigenvalue weighted by atomic mass is 32.1. The van der Waals surface area contributed by atoms with Crippen molar-refractivity contribution in [1.82, 2.24) is 4.90 Å².